The van der Waals surface area contributed by atoms with Crippen LogP contribution in [-0.2, 0) is 20.8 Å². The van der Waals surface area contributed by atoms with E-state index in [0.717, 1.165) is 26.9 Å². The van der Waals surface area contributed by atoms with Gasteiger partial charge in [-0.1, -0.05) is 61.5 Å². The molecule has 0 fully saturated rings. The number of carbonyl (C=O) groups is 3. The van der Waals surface area contributed by atoms with Crippen molar-refractivity contribution in [2.24, 2.45) is 11.7 Å². The quantitative estimate of drug-likeness (QED) is 0.272. The lowest BCUT2D eigenvalue weighted by Gasteiger charge is -2.23. The molecule has 8 nitrogen and oxygen atoms in total. The van der Waals surface area contributed by atoms with E-state index in [1.807, 2.05) is 73.7 Å². The lowest BCUT2D eigenvalue weighted by Crippen LogP contribution is -2.51. The number of nitrogens with two attached hydrogens (primary N) is 1. The number of hydrogen-bond donors (Lipinski definition) is 5. The normalized spacial score (nSPS) is 17.4. The molecule has 1 aliphatic heterocycles. The van der Waals surface area contributed by atoms with Crippen LogP contribution >= 0.6 is 11.8 Å². The third-order valence-corrected chi connectivity index (χ3v) is 7.90. The van der Waals surface area contributed by atoms with E-state index in [0.29, 0.717) is 19.3 Å². The summed E-state index contributed by atoms with van der Waals surface area (Å²) in [5, 5.41) is 20.4. The summed E-state index contributed by atoms with van der Waals surface area (Å²) >= 11 is 1.59. The van der Waals surface area contributed by atoms with E-state index >= 15 is 0 Å². The van der Waals surface area contributed by atoms with Crippen LogP contribution in [0.1, 0.15) is 25.3 Å². The number of rotatable bonds is 10. The van der Waals surface area contributed by atoms with Gasteiger partial charge in [-0.2, -0.15) is 0 Å². The first-order valence-corrected chi connectivity index (χ1v) is 13.7. The molecule has 0 radical (unpaired) electrons. The summed E-state index contributed by atoms with van der Waals surface area (Å²) < 4.78 is 0. The molecule has 3 amide bonds. The van der Waals surface area contributed by atoms with E-state index in [9.17, 15) is 19.5 Å². The van der Waals surface area contributed by atoms with Gasteiger partial charge in [0.15, 0.2) is 0 Å². The molecule has 4 rings (SSSR count). The van der Waals surface area contributed by atoms with Crippen molar-refractivity contribution in [3.8, 4) is 0 Å². The van der Waals surface area contributed by atoms with Gasteiger partial charge in [-0.05, 0) is 34.9 Å². The van der Waals surface area contributed by atoms with Crippen LogP contribution in [0.4, 0.5) is 5.69 Å². The number of aliphatic hydroxyl groups excluding tert-OH is 1. The fourth-order valence-electron chi connectivity index (χ4n) is 4.48. The van der Waals surface area contributed by atoms with Crippen LogP contribution in [-0.4, -0.2) is 53.3 Å². The van der Waals surface area contributed by atoms with Gasteiger partial charge in [0.2, 0.25) is 17.7 Å². The average Bonchev–Trinajstić information content (AvgIpc) is 3.07. The summed E-state index contributed by atoms with van der Waals surface area (Å²) in [5.41, 5.74) is 7.16. The van der Waals surface area contributed by atoms with Crippen molar-refractivity contribution in [1.29, 1.82) is 0 Å². The first kappa shape index (κ1) is 27.6. The number of amides is 3. The lowest BCUT2D eigenvalue weighted by atomic mass is 9.99. The Kier molecular flexibility index (Phi) is 9.38. The molecule has 38 heavy (non-hydrogen) atoms. The predicted octanol–water partition coefficient (Wildman–Crippen LogP) is 2.83. The minimum Gasteiger partial charge on any atom is -0.390 e. The molecule has 3 unspecified atom stereocenters. The van der Waals surface area contributed by atoms with Crippen LogP contribution in [0.25, 0.3) is 10.8 Å². The number of carbonyl (C=O) groups excluding carboxylic acids is 3. The van der Waals surface area contributed by atoms with Gasteiger partial charge in [0.25, 0.3) is 0 Å². The number of fused-ring (bicyclic) bond motifs is 2. The van der Waals surface area contributed by atoms with E-state index in [1.165, 1.54) is 0 Å². The molecule has 9 heteroatoms. The zero-order chi connectivity index (χ0) is 27.1. The van der Waals surface area contributed by atoms with Crippen molar-refractivity contribution in [3.05, 3.63) is 72.3 Å². The lowest BCUT2D eigenvalue weighted by molar-refractivity contribution is -0.131. The molecule has 0 spiro atoms. The maximum atomic E-state index is 13.3. The Morgan fingerprint density at radius 1 is 1.08 bits per heavy atom. The van der Waals surface area contributed by atoms with E-state index in [1.54, 1.807) is 11.8 Å². The largest absolute Gasteiger partial charge is 0.390 e. The number of hydrogen-bond acceptors (Lipinski definition) is 6. The molecule has 0 aromatic heterocycles. The summed E-state index contributed by atoms with van der Waals surface area (Å²) in [7, 11) is 0. The summed E-state index contributed by atoms with van der Waals surface area (Å²) in [6.07, 6.45) is 0.210. The van der Waals surface area contributed by atoms with Crippen LogP contribution in [0, 0.1) is 5.92 Å². The molecule has 0 saturated heterocycles. The van der Waals surface area contributed by atoms with Crippen LogP contribution in [0.3, 0.4) is 0 Å². The summed E-state index contributed by atoms with van der Waals surface area (Å²) in [6, 6.07) is 20.7. The fourth-order valence-corrected chi connectivity index (χ4v) is 5.87. The Hall–Kier alpha value is -3.40. The molecule has 1 aliphatic rings. The van der Waals surface area contributed by atoms with Crippen molar-refractivity contribution in [2.45, 2.75) is 48.5 Å². The number of aliphatic hydroxyl groups is 1. The Bertz CT molecular complexity index is 1300. The third kappa shape index (κ3) is 7.34. The Morgan fingerprint density at radius 3 is 2.61 bits per heavy atom. The van der Waals surface area contributed by atoms with E-state index in [-0.39, 0.29) is 36.1 Å². The maximum Gasteiger partial charge on any atom is 0.243 e. The van der Waals surface area contributed by atoms with E-state index in [2.05, 4.69) is 16.0 Å². The predicted molar refractivity (Wildman–Crippen MR) is 151 cm³/mol. The molecule has 0 aliphatic carbocycles. The smallest absolute Gasteiger partial charge is 0.243 e. The van der Waals surface area contributed by atoms with Gasteiger partial charge in [-0.25, -0.2) is 0 Å². The monoisotopic (exact) mass is 534 g/mol. The molecule has 0 bridgehead atoms. The standard InChI is InChI=1S/C29H34N4O4S/c1-18(12-23-15-27(35)32-24-8-4-5-9-26(24)38-23)28(36)33-25(29(37)31-17-22(34)16-30)14-19-10-11-20-6-2-3-7-21(20)13-19/h2-11,13,18,22-23,25,34H,12,14-17,30H2,1H3,(H,31,37)(H,32,35)(H,33,36)/t18?,22?,23?,25-/m1/s1. The maximum absolute atomic E-state index is 13.3. The van der Waals surface area contributed by atoms with Crippen LogP contribution in [0.5, 0.6) is 0 Å². The van der Waals surface area contributed by atoms with Crippen LogP contribution in [0.2, 0.25) is 0 Å². The molecule has 200 valence electrons. The number of anilines is 1. The van der Waals surface area contributed by atoms with Gasteiger partial charge in [0, 0.05) is 42.0 Å². The van der Waals surface area contributed by atoms with Gasteiger partial charge in [-0.3, -0.25) is 14.4 Å². The molecule has 0 saturated carbocycles. The minimum absolute atomic E-state index is 0.00219. The molecule has 4 atom stereocenters. The molecule has 6 N–H and O–H groups in total. The number of nitrogens with one attached hydrogen (secondary N) is 3. The first-order chi connectivity index (χ1) is 18.3. The second-order valence-electron chi connectivity index (χ2n) is 9.71. The van der Waals surface area contributed by atoms with E-state index in [4.69, 9.17) is 5.73 Å². The third-order valence-electron chi connectivity index (χ3n) is 6.60. The van der Waals surface area contributed by atoms with Crippen LogP contribution in [0.15, 0.2) is 71.6 Å². The number of benzene rings is 3. The van der Waals surface area contributed by atoms with Crippen molar-refractivity contribution in [2.75, 3.05) is 18.4 Å². The Labute approximate surface area is 226 Å². The molecular weight excluding hydrogens is 500 g/mol. The number of thioether (sulfide) groups is 1. The minimum atomic E-state index is -0.865. The van der Waals surface area contributed by atoms with Crippen molar-refractivity contribution in [3.63, 3.8) is 0 Å². The highest BCUT2D eigenvalue weighted by molar-refractivity contribution is 8.00. The zero-order valence-electron chi connectivity index (χ0n) is 21.4. The Balaban J connectivity index is 1.45. The molecule has 3 aromatic carbocycles. The topological polar surface area (TPSA) is 134 Å². The average molecular weight is 535 g/mol. The number of para-hydroxylation sites is 1. The zero-order valence-corrected chi connectivity index (χ0v) is 22.2. The first-order valence-electron chi connectivity index (χ1n) is 12.8. The fraction of sp³-hybridized carbons (Fsp3) is 0.345. The highest BCUT2D eigenvalue weighted by Crippen LogP contribution is 2.37. The summed E-state index contributed by atoms with van der Waals surface area (Å²) in [4.78, 5) is 39.7. The van der Waals surface area contributed by atoms with Gasteiger partial charge in [-0.15, -0.1) is 11.8 Å². The van der Waals surface area contributed by atoms with Crippen molar-refractivity contribution in [1.82, 2.24) is 10.6 Å². The second-order valence-corrected chi connectivity index (χ2v) is 11.0. The highest BCUT2D eigenvalue weighted by atomic mass is 32.2. The summed E-state index contributed by atoms with van der Waals surface area (Å²) in [5.74, 6) is -1.15. The van der Waals surface area contributed by atoms with Gasteiger partial charge < -0.3 is 26.8 Å². The highest BCUT2D eigenvalue weighted by Gasteiger charge is 2.29. The Morgan fingerprint density at radius 2 is 1.82 bits per heavy atom. The molecule has 1 heterocycles. The summed E-state index contributed by atoms with van der Waals surface area (Å²) in [6.45, 7) is 1.84. The van der Waals surface area contributed by atoms with Crippen LogP contribution < -0.4 is 21.7 Å². The van der Waals surface area contributed by atoms with Crippen molar-refractivity contribution >= 4 is 45.9 Å². The van der Waals surface area contributed by atoms with Crippen molar-refractivity contribution < 1.29 is 19.5 Å². The van der Waals surface area contributed by atoms with Gasteiger partial charge in [0.1, 0.15) is 6.04 Å². The van der Waals surface area contributed by atoms with E-state index < -0.39 is 18.1 Å². The second kappa shape index (κ2) is 12.9. The molecular formula is C29H34N4O4S. The SMILES string of the molecule is CC(CC1CC(=O)Nc2ccccc2S1)C(=O)N[C@H](Cc1ccc2ccccc2c1)C(=O)NCC(O)CN. The van der Waals surface area contributed by atoms with Gasteiger partial charge >= 0.3 is 0 Å². The molecule has 3 aromatic rings. The van der Waals surface area contributed by atoms with Gasteiger partial charge in [0.05, 0.1) is 11.8 Å².